The Balaban J connectivity index is 2.00. The topological polar surface area (TPSA) is 79.6 Å². The molecule has 130 valence electrons. The van der Waals surface area contributed by atoms with Crippen LogP contribution >= 0.6 is 0 Å². The minimum absolute atomic E-state index is 0.0346. The third-order valence-electron chi connectivity index (χ3n) is 3.20. The molecule has 0 saturated heterocycles. The number of benzene rings is 1. The molecule has 1 amide bonds. The zero-order valence-corrected chi connectivity index (χ0v) is 13.6. The van der Waals surface area contributed by atoms with Crippen molar-refractivity contribution in [3.8, 4) is 0 Å². The van der Waals surface area contributed by atoms with E-state index in [4.69, 9.17) is 4.42 Å². The normalized spacial score (nSPS) is 11.7. The fraction of sp³-hybridized carbons (Fsp3) is 0.267. The van der Waals surface area contributed by atoms with E-state index < -0.39 is 33.3 Å². The van der Waals surface area contributed by atoms with Gasteiger partial charge in [0.25, 0.3) is 0 Å². The molecule has 6 nitrogen and oxygen atoms in total. The van der Waals surface area contributed by atoms with E-state index >= 15 is 0 Å². The van der Waals surface area contributed by atoms with Gasteiger partial charge in [0.05, 0.1) is 19.1 Å². The summed E-state index contributed by atoms with van der Waals surface area (Å²) in [4.78, 5) is 11.9. The molecule has 0 atom stereocenters. The van der Waals surface area contributed by atoms with Gasteiger partial charge in [0, 0.05) is 13.0 Å². The fourth-order valence-corrected chi connectivity index (χ4v) is 2.77. The summed E-state index contributed by atoms with van der Waals surface area (Å²) in [5, 5.41) is 2.11. The molecule has 1 aromatic heterocycles. The number of sulfonamides is 1. The van der Waals surface area contributed by atoms with Gasteiger partial charge in [-0.3, -0.25) is 4.79 Å². The molecule has 2 rings (SSSR count). The number of hydrogen-bond donors (Lipinski definition) is 1. The van der Waals surface area contributed by atoms with Gasteiger partial charge in [-0.15, -0.1) is 0 Å². The van der Waals surface area contributed by atoms with E-state index in [1.54, 1.807) is 12.1 Å². The maximum atomic E-state index is 13.5. The van der Waals surface area contributed by atoms with Crippen LogP contribution in [-0.2, 0) is 21.4 Å². The summed E-state index contributed by atoms with van der Waals surface area (Å²) in [7, 11) is -3.58. The Labute approximate surface area is 138 Å². The van der Waals surface area contributed by atoms with Gasteiger partial charge in [-0.05, 0) is 24.3 Å². The van der Waals surface area contributed by atoms with Crippen molar-refractivity contribution >= 4 is 21.6 Å². The van der Waals surface area contributed by atoms with Crippen molar-refractivity contribution < 1.29 is 26.4 Å². The minimum atomic E-state index is -3.58. The van der Waals surface area contributed by atoms with Gasteiger partial charge in [-0.25, -0.2) is 17.2 Å². The lowest BCUT2D eigenvalue weighted by Gasteiger charge is -2.18. The predicted molar refractivity (Wildman–Crippen MR) is 83.6 cm³/mol. The van der Waals surface area contributed by atoms with Crippen molar-refractivity contribution in [3.63, 3.8) is 0 Å². The van der Waals surface area contributed by atoms with Gasteiger partial charge in [0.1, 0.15) is 23.1 Å². The maximum absolute atomic E-state index is 13.5. The number of carbonyl (C=O) groups is 1. The molecule has 0 unspecified atom stereocenters. The summed E-state index contributed by atoms with van der Waals surface area (Å²) in [6.45, 7) is -0.186. The van der Waals surface area contributed by atoms with Crippen LogP contribution in [0.4, 0.5) is 14.5 Å². The van der Waals surface area contributed by atoms with Gasteiger partial charge in [-0.2, -0.15) is 4.31 Å². The molecule has 0 radical (unpaired) electrons. The van der Waals surface area contributed by atoms with Crippen LogP contribution in [0.3, 0.4) is 0 Å². The second kappa shape index (κ2) is 7.54. The Morgan fingerprint density at radius 1 is 1.21 bits per heavy atom. The number of nitrogens with zero attached hydrogens (tertiary/aromatic N) is 1. The number of rotatable bonds is 7. The van der Waals surface area contributed by atoms with Crippen molar-refractivity contribution in [2.24, 2.45) is 0 Å². The third-order valence-corrected chi connectivity index (χ3v) is 4.45. The SMILES string of the molecule is CS(=O)(=O)N(CCC(=O)Nc1c(F)cccc1F)Cc1ccco1. The van der Waals surface area contributed by atoms with Crippen LogP contribution in [-0.4, -0.2) is 31.4 Å². The maximum Gasteiger partial charge on any atom is 0.225 e. The molecule has 0 aliphatic heterocycles. The van der Waals surface area contributed by atoms with E-state index in [9.17, 15) is 22.0 Å². The minimum Gasteiger partial charge on any atom is -0.468 e. The van der Waals surface area contributed by atoms with Crippen LogP contribution in [0.5, 0.6) is 0 Å². The van der Waals surface area contributed by atoms with Crippen LogP contribution in [0.1, 0.15) is 12.2 Å². The second-order valence-corrected chi connectivity index (χ2v) is 7.05. The highest BCUT2D eigenvalue weighted by atomic mass is 32.2. The first kappa shape index (κ1) is 18.1. The van der Waals surface area contributed by atoms with Gasteiger partial charge in [-0.1, -0.05) is 6.07 Å². The molecule has 0 aliphatic carbocycles. The molecule has 1 aromatic carbocycles. The van der Waals surface area contributed by atoms with Crippen LogP contribution < -0.4 is 5.32 Å². The third kappa shape index (κ3) is 4.87. The first-order valence-corrected chi connectivity index (χ1v) is 8.83. The largest absolute Gasteiger partial charge is 0.468 e. The van der Waals surface area contributed by atoms with E-state index in [-0.39, 0.29) is 19.5 Å². The van der Waals surface area contributed by atoms with Gasteiger partial charge in [0.2, 0.25) is 15.9 Å². The molecule has 9 heteroatoms. The zero-order valence-electron chi connectivity index (χ0n) is 12.8. The molecule has 0 aliphatic rings. The number of anilines is 1. The van der Waals surface area contributed by atoms with Crippen molar-refractivity contribution in [2.45, 2.75) is 13.0 Å². The average Bonchev–Trinajstić information content (AvgIpc) is 2.99. The number of hydrogen-bond acceptors (Lipinski definition) is 4. The Kier molecular flexibility index (Phi) is 5.68. The molecule has 2 aromatic rings. The summed E-state index contributed by atoms with van der Waals surface area (Å²) in [6, 6.07) is 6.42. The summed E-state index contributed by atoms with van der Waals surface area (Å²) >= 11 is 0. The Morgan fingerprint density at radius 3 is 2.42 bits per heavy atom. The van der Waals surface area contributed by atoms with Crippen LogP contribution in [0, 0.1) is 11.6 Å². The Hall–Kier alpha value is -2.26. The van der Waals surface area contributed by atoms with Gasteiger partial charge >= 0.3 is 0 Å². The van der Waals surface area contributed by atoms with Gasteiger partial charge < -0.3 is 9.73 Å². The van der Waals surface area contributed by atoms with Crippen LogP contribution in [0.25, 0.3) is 0 Å². The second-order valence-electron chi connectivity index (χ2n) is 5.07. The lowest BCUT2D eigenvalue weighted by Crippen LogP contribution is -2.32. The Bertz CT molecular complexity index is 787. The summed E-state index contributed by atoms with van der Waals surface area (Å²) < 4.78 is 56.6. The van der Waals surface area contributed by atoms with Crippen LogP contribution in [0.2, 0.25) is 0 Å². The van der Waals surface area contributed by atoms with Crippen molar-refractivity contribution in [1.29, 1.82) is 0 Å². The first-order valence-electron chi connectivity index (χ1n) is 6.98. The van der Waals surface area contributed by atoms with Gasteiger partial charge in [0.15, 0.2) is 0 Å². The highest BCUT2D eigenvalue weighted by molar-refractivity contribution is 7.88. The number of carbonyl (C=O) groups excluding carboxylic acids is 1. The highest BCUT2D eigenvalue weighted by Crippen LogP contribution is 2.18. The number of para-hydroxylation sites is 1. The predicted octanol–water partition coefficient (Wildman–Crippen LogP) is 2.35. The number of furan rings is 1. The zero-order chi connectivity index (χ0) is 17.7. The summed E-state index contributed by atoms with van der Waals surface area (Å²) in [5.41, 5.74) is -0.556. The number of halogens is 2. The Morgan fingerprint density at radius 2 is 1.88 bits per heavy atom. The highest BCUT2D eigenvalue weighted by Gasteiger charge is 2.20. The fourth-order valence-electron chi connectivity index (χ4n) is 1.98. The molecule has 0 bridgehead atoms. The quantitative estimate of drug-likeness (QED) is 0.824. The van der Waals surface area contributed by atoms with E-state index in [0.29, 0.717) is 5.76 Å². The molecule has 1 heterocycles. The lowest BCUT2D eigenvalue weighted by molar-refractivity contribution is -0.116. The molecule has 1 N–H and O–H groups in total. The molecule has 24 heavy (non-hydrogen) atoms. The lowest BCUT2D eigenvalue weighted by atomic mass is 10.2. The molecule has 0 spiro atoms. The monoisotopic (exact) mass is 358 g/mol. The molecular weight excluding hydrogens is 342 g/mol. The smallest absolute Gasteiger partial charge is 0.225 e. The summed E-state index contributed by atoms with van der Waals surface area (Å²) in [6.07, 6.45) is 2.15. The summed E-state index contributed by atoms with van der Waals surface area (Å²) in [5.74, 6) is -2.09. The molecule has 0 fully saturated rings. The standard InChI is InChI=1S/C15H16F2N2O4S/c1-24(21,22)19(10-11-4-3-9-23-11)8-7-14(20)18-15-12(16)5-2-6-13(15)17/h2-6,9H,7-8,10H2,1H3,(H,18,20). The van der Waals surface area contributed by atoms with E-state index in [0.717, 1.165) is 22.7 Å². The molecule has 0 saturated carbocycles. The van der Waals surface area contributed by atoms with E-state index in [2.05, 4.69) is 5.32 Å². The number of nitrogens with one attached hydrogen (secondary N) is 1. The van der Waals surface area contributed by atoms with Crippen molar-refractivity contribution in [3.05, 3.63) is 54.0 Å². The van der Waals surface area contributed by atoms with Crippen molar-refractivity contribution in [2.75, 3.05) is 18.1 Å². The van der Waals surface area contributed by atoms with E-state index in [1.807, 2.05) is 0 Å². The van der Waals surface area contributed by atoms with Crippen LogP contribution in [0.15, 0.2) is 41.0 Å². The van der Waals surface area contributed by atoms with E-state index in [1.165, 1.54) is 12.3 Å². The average molecular weight is 358 g/mol. The first-order chi connectivity index (χ1) is 11.3. The van der Waals surface area contributed by atoms with Crippen molar-refractivity contribution in [1.82, 2.24) is 4.31 Å². The number of amides is 1. The molecular formula is C15H16F2N2O4S.